The quantitative estimate of drug-likeness (QED) is 0.916. The van der Waals surface area contributed by atoms with Crippen LogP contribution in [0.3, 0.4) is 0 Å². The fourth-order valence-corrected chi connectivity index (χ4v) is 3.99. The molecule has 24 heavy (non-hydrogen) atoms. The molecule has 1 atom stereocenters. The Morgan fingerprint density at radius 3 is 2.88 bits per heavy atom. The van der Waals surface area contributed by atoms with E-state index in [-0.39, 0.29) is 5.41 Å². The number of rotatable bonds is 4. The minimum Gasteiger partial charge on any atom is -0.384 e. The first-order valence-electron chi connectivity index (χ1n) is 9.08. The van der Waals surface area contributed by atoms with Gasteiger partial charge in [-0.25, -0.2) is 9.97 Å². The van der Waals surface area contributed by atoms with Crippen molar-refractivity contribution in [1.29, 1.82) is 0 Å². The van der Waals surface area contributed by atoms with Crippen LogP contribution in [-0.4, -0.2) is 47.0 Å². The van der Waals surface area contributed by atoms with Crippen molar-refractivity contribution < 1.29 is 4.79 Å². The second-order valence-electron chi connectivity index (χ2n) is 7.82. The van der Waals surface area contributed by atoms with Crippen molar-refractivity contribution >= 4 is 17.5 Å². The van der Waals surface area contributed by atoms with E-state index < -0.39 is 0 Å². The lowest BCUT2D eigenvalue weighted by atomic mass is 9.73. The molecule has 0 radical (unpaired) electrons. The first kappa shape index (κ1) is 17.0. The Labute approximate surface area is 144 Å². The number of hydrogen-bond donors (Lipinski definition) is 1. The Hall–Kier alpha value is -1.85. The van der Waals surface area contributed by atoms with Gasteiger partial charge in [0.15, 0.2) is 0 Å². The van der Waals surface area contributed by atoms with E-state index in [2.05, 4.69) is 33.6 Å². The van der Waals surface area contributed by atoms with E-state index >= 15 is 0 Å². The van der Waals surface area contributed by atoms with Crippen molar-refractivity contribution in [2.45, 2.75) is 46.0 Å². The lowest BCUT2D eigenvalue weighted by Gasteiger charge is -2.48. The fourth-order valence-electron chi connectivity index (χ4n) is 3.99. The first-order valence-corrected chi connectivity index (χ1v) is 9.08. The lowest BCUT2D eigenvalue weighted by Crippen LogP contribution is -2.54. The summed E-state index contributed by atoms with van der Waals surface area (Å²) in [6.07, 6.45) is 6.60. The second-order valence-corrected chi connectivity index (χ2v) is 7.82. The summed E-state index contributed by atoms with van der Waals surface area (Å²) in [7, 11) is 0. The van der Waals surface area contributed by atoms with E-state index in [1.165, 1.54) is 12.7 Å². The minimum atomic E-state index is 0.197. The molecule has 3 heterocycles. The summed E-state index contributed by atoms with van der Waals surface area (Å²) in [6, 6.07) is 1.85. The number of hydrogen-bond acceptors (Lipinski definition) is 5. The SMILES string of the molecule is CC(C)CCN1C[C@@]2(CCCN(c3cc(N)ncn3)C2)CCC1=O. The van der Waals surface area contributed by atoms with Gasteiger partial charge in [0.25, 0.3) is 0 Å². The zero-order valence-corrected chi connectivity index (χ0v) is 14.9. The number of nitrogens with zero attached hydrogens (tertiary/aromatic N) is 4. The predicted octanol–water partition coefficient (Wildman–Crippen LogP) is 2.31. The van der Waals surface area contributed by atoms with Crippen LogP contribution in [0.1, 0.15) is 46.0 Å². The molecule has 2 N–H and O–H groups in total. The van der Waals surface area contributed by atoms with Gasteiger partial charge in [-0.15, -0.1) is 0 Å². The normalized spacial score (nSPS) is 24.9. The standard InChI is InChI=1S/C18H29N5O/c1-14(2)5-9-23-12-18(7-4-17(23)24)6-3-8-22(11-18)16-10-15(19)20-13-21-16/h10,13-14H,3-9,11-12H2,1-2H3,(H2,19,20,21)/t18-/m0/s1. The van der Waals surface area contributed by atoms with Crippen molar-refractivity contribution in [3.63, 3.8) is 0 Å². The van der Waals surface area contributed by atoms with Gasteiger partial charge in [-0.2, -0.15) is 0 Å². The highest BCUT2D eigenvalue weighted by molar-refractivity contribution is 5.77. The number of likely N-dealkylation sites (tertiary alicyclic amines) is 1. The molecule has 2 aliphatic heterocycles. The zero-order valence-electron chi connectivity index (χ0n) is 14.9. The Balaban J connectivity index is 1.71. The van der Waals surface area contributed by atoms with Crippen LogP contribution in [0.15, 0.2) is 12.4 Å². The summed E-state index contributed by atoms with van der Waals surface area (Å²) < 4.78 is 0. The van der Waals surface area contributed by atoms with Gasteiger partial charge in [0.05, 0.1) is 0 Å². The molecule has 6 heteroatoms. The molecule has 0 unspecified atom stereocenters. The Bertz CT molecular complexity index is 591. The molecule has 132 valence electrons. The van der Waals surface area contributed by atoms with Gasteiger partial charge in [0, 0.05) is 44.1 Å². The van der Waals surface area contributed by atoms with Crippen molar-refractivity contribution in [2.24, 2.45) is 11.3 Å². The van der Waals surface area contributed by atoms with Crippen molar-refractivity contribution in [1.82, 2.24) is 14.9 Å². The summed E-state index contributed by atoms with van der Waals surface area (Å²) in [5, 5.41) is 0. The molecule has 6 nitrogen and oxygen atoms in total. The Morgan fingerprint density at radius 2 is 2.12 bits per heavy atom. The van der Waals surface area contributed by atoms with Gasteiger partial charge >= 0.3 is 0 Å². The molecule has 2 saturated heterocycles. The minimum absolute atomic E-state index is 0.197. The van der Waals surface area contributed by atoms with E-state index in [9.17, 15) is 4.79 Å². The summed E-state index contributed by atoms with van der Waals surface area (Å²) in [4.78, 5) is 25.1. The maximum atomic E-state index is 12.3. The molecule has 1 aromatic rings. The third kappa shape index (κ3) is 3.79. The van der Waals surface area contributed by atoms with Crippen LogP contribution >= 0.6 is 0 Å². The molecular weight excluding hydrogens is 302 g/mol. The zero-order chi connectivity index (χ0) is 17.2. The molecule has 1 aromatic heterocycles. The highest BCUT2D eigenvalue weighted by Crippen LogP contribution is 2.40. The maximum Gasteiger partial charge on any atom is 0.222 e. The fraction of sp³-hybridized carbons (Fsp3) is 0.722. The number of carbonyl (C=O) groups excluding carboxylic acids is 1. The summed E-state index contributed by atoms with van der Waals surface area (Å²) in [6.45, 7) is 8.15. The number of piperidine rings is 2. The van der Waals surface area contributed by atoms with E-state index in [1.807, 2.05) is 6.07 Å². The molecule has 0 aliphatic carbocycles. The third-order valence-electron chi connectivity index (χ3n) is 5.38. The van der Waals surface area contributed by atoms with E-state index in [0.29, 0.717) is 24.1 Å². The highest BCUT2D eigenvalue weighted by Gasteiger charge is 2.41. The number of nitrogen functional groups attached to an aromatic ring is 1. The summed E-state index contributed by atoms with van der Waals surface area (Å²) in [5.41, 5.74) is 6.01. The average Bonchev–Trinajstić information content (AvgIpc) is 2.56. The van der Waals surface area contributed by atoms with E-state index in [4.69, 9.17) is 5.73 Å². The van der Waals surface area contributed by atoms with Crippen LogP contribution in [0.5, 0.6) is 0 Å². The molecule has 1 amide bonds. The number of carbonyl (C=O) groups is 1. The molecule has 1 spiro atoms. The molecule has 3 rings (SSSR count). The number of anilines is 2. The van der Waals surface area contributed by atoms with Gasteiger partial charge in [0.1, 0.15) is 18.0 Å². The van der Waals surface area contributed by atoms with Crippen LogP contribution in [0.25, 0.3) is 0 Å². The summed E-state index contributed by atoms with van der Waals surface area (Å²) >= 11 is 0. The molecule has 0 bridgehead atoms. The molecule has 2 aliphatic rings. The monoisotopic (exact) mass is 331 g/mol. The van der Waals surface area contributed by atoms with Crippen LogP contribution in [0.4, 0.5) is 11.6 Å². The topological polar surface area (TPSA) is 75.3 Å². The molecule has 0 saturated carbocycles. The summed E-state index contributed by atoms with van der Waals surface area (Å²) in [5.74, 6) is 2.37. The van der Waals surface area contributed by atoms with Gasteiger partial charge in [-0.1, -0.05) is 13.8 Å². The molecular formula is C18H29N5O. The van der Waals surface area contributed by atoms with Crippen LogP contribution in [0, 0.1) is 11.3 Å². The largest absolute Gasteiger partial charge is 0.384 e. The first-order chi connectivity index (χ1) is 11.5. The van der Waals surface area contributed by atoms with Crippen LogP contribution in [0.2, 0.25) is 0 Å². The highest BCUT2D eigenvalue weighted by atomic mass is 16.2. The van der Waals surface area contributed by atoms with Gasteiger partial charge < -0.3 is 15.5 Å². The van der Waals surface area contributed by atoms with Crippen molar-refractivity contribution in [2.75, 3.05) is 36.8 Å². The van der Waals surface area contributed by atoms with Crippen LogP contribution < -0.4 is 10.6 Å². The Kier molecular flexibility index (Phi) is 4.92. The van der Waals surface area contributed by atoms with E-state index in [0.717, 1.165) is 51.3 Å². The lowest BCUT2D eigenvalue weighted by molar-refractivity contribution is -0.138. The molecule has 0 aromatic carbocycles. The predicted molar refractivity (Wildman–Crippen MR) is 95.6 cm³/mol. The van der Waals surface area contributed by atoms with E-state index in [1.54, 1.807) is 0 Å². The third-order valence-corrected chi connectivity index (χ3v) is 5.38. The maximum absolute atomic E-state index is 12.3. The second kappa shape index (κ2) is 6.95. The molecule has 2 fully saturated rings. The van der Waals surface area contributed by atoms with Crippen molar-refractivity contribution in [3.8, 4) is 0 Å². The number of aromatic nitrogens is 2. The Morgan fingerprint density at radius 1 is 1.29 bits per heavy atom. The number of amides is 1. The van der Waals surface area contributed by atoms with Crippen molar-refractivity contribution in [3.05, 3.63) is 12.4 Å². The van der Waals surface area contributed by atoms with Gasteiger partial charge in [-0.3, -0.25) is 4.79 Å². The number of nitrogens with two attached hydrogens (primary N) is 1. The van der Waals surface area contributed by atoms with Gasteiger partial charge in [0.2, 0.25) is 5.91 Å². The smallest absolute Gasteiger partial charge is 0.222 e. The van der Waals surface area contributed by atoms with Gasteiger partial charge in [-0.05, 0) is 31.6 Å². The average molecular weight is 331 g/mol. The van der Waals surface area contributed by atoms with Crippen LogP contribution in [-0.2, 0) is 4.79 Å².